The van der Waals surface area contributed by atoms with Crippen molar-refractivity contribution in [2.24, 2.45) is 17.8 Å². The van der Waals surface area contributed by atoms with Gasteiger partial charge in [-0.05, 0) is 79.5 Å². The Balaban J connectivity index is 1.42. The molecule has 0 aliphatic heterocycles. The zero-order chi connectivity index (χ0) is 25.2. The highest BCUT2D eigenvalue weighted by molar-refractivity contribution is 5.73. The number of allylic oxidation sites excluding steroid dienone is 1. The van der Waals surface area contributed by atoms with Crippen LogP contribution >= 0.6 is 0 Å². The van der Waals surface area contributed by atoms with E-state index < -0.39 is 0 Å². The minimum absolute atomic E-state index is 0.573. The van der Waals surface area contributed by atoms with E-state index >= 15 is 0 Å². The second-order valence-electron chi connectivity index (χ2n) is 11.9. The van der Waals surface area contributed by atoms with E-state index in [9.17, 15) is 0 Å². The number of nitrogens with zero attached hydrogens (tertiary/aromatic N) is 2. The molecule has 35 heavy (non-hydrogen) atoms. The molecule has 1 fully saturated rings. The highest BCUT2D eigenvalue weighted by atomic mass is 15.3. The van der Waals surface area contributed by atoms with Crippen LogP contribution in [0, 0.1) is 24.7 Å². The van der Waals surface area contributed by atoms with Gasteiger partial charge in [-0.25, -0.2) is 4.68 Å². The lowest BCUT2D eigenvalue weighted by molar-refractivity contribution is 0.255. The van der Waals surface area contributed by atoms with Crippen LogP contribution in [-0.4, -0.2) is 9.78 Å². The van der Waals surface area contributed by atoms with Gasteiger partial charge in [-0.3, -0.25) is 0 Å². The number of benzene rings is 1. The van der Waals surface area contributed by atoms with Crippen molar-refractivity contribution in [2.75, 3.05) is 0 Å². The third kappa shape index (κ3) is 8.96. The Morgan fingerprint density at radius 3 is 2.31 bits per heavy atom. The Hall–Kier alpha value is -1.83. The van der Waals surface area contributed by atoms with Crippen LogP contribution in [-0.2, 0) is 6.42 Å². The van der Waals surface area contributed by atoms with Gasteiger partial charge in [0.15, 0.2) is 0 Å². The van der Waals surface area contributed by atoms with Gasteiger partial charge in [0.05, 0.1) is 5.69 Å². The number of aromatic nitrogens is 2. The van der Waals surface area contributed by atoms with Crippen LogP contribution in [0.3, 0.4) is 0 Å². The summed E-state index contributed by atoms with van der Waals surface area (Å²) in [5, 5.41) is 4.97. The first kappa shape index (κ1) is 27.8. The lowest BCUT2D eigenvalue weighted by Gasteiger charge is -2.28. The van der Waals surface area contributed by atoms with Gasteiger partial charge in [0.2, 0.25) is 0 Å². The first-order valence-corrected chi connectivity index (χ1v) is 14.7. The van der Waals surface area contributed by atoms with Crippen molar-refractivity contribution < 1.29 is 0 Å². The van der Waals surface area contributed by atoms with Gasteiger partial charge in [-0.15, -0.1) is 0 Å². The Labute approximate surface area is 216 Å². The maximum absolute atomic E-state index is 4.97. The summed E-state index contributed by atoms with van der Waals surface area (Å²) >= 11 is 0. The predicted octanol–water partition coefficient (Wildman–Crippen LogP) is 10.1. The maximum atomic E-state index is 4.97. The maximum Gasteiger partial charge on any atom is 0.0634 e. The summed E-state index contributed by atoms with van der Waals surface area (Å²) in [6, 6.07) is 11.3. The van der Waals surface area contributed by atoms with E-state index in [1.165, 1.54) is 98.7 Å². The average Bonchev–Trinajstić information content (AvgIpc) is 3.18. The Morgan fingerprint density at radius 1 is 0.971 bits per heavy atom. The first-order valence-electron chi connectivity index (χ1n) is 14.7. The summed E-state index contributed by atoms with van der Waals surface area (Å²) in [4.78, 5) is 0. The van der Waals surface area contributed by atoms with Crippen LogP contribution < -0.4 is 0 Å². The third-order valence-corrected chi connectivity index (χ3v) is 8.38. The van der Waals surface area contributed by atoms with E-state index in [4.69, 9.17) is 5.10 Å². The van der Waals surface area contributed by atoms with E-state index in [-0.39, 0.29) is 0 Å². The van der Waals surface area contributed by atoms with Crippen molar-refractivity contribution in [1.29, 1.82) is 0 Å². The van der Waals surface area contributed by atoms with Crippen molar-refractivity contribution in [3.05, 3.63) is 52.8 Å². The molecule has 1 unspecified atom stereocenters. The molecule has 194 valence electrons. The van der Waals surface area contributed by atoms with Crippen molar-refractivity contribution in [3.8, 4) is 0 Å². The normalized spacial score (nSPS) is 19.9. The lowest BCUT2D eigenvalue weighted by atomic mass is 9.78. The van der Waals surface area contributed by atoms with Crippen molar-refractivity contribution in [3.63, 3.8) is 0 Å². The highest BCUT2D eigenvalue weighted by Gasteiger charge is 2.22. The van der Waals surface area contributed by atoms with Crippen LogP contribution in [0.15, 0.2) is 30.3 Å². The SMILES string of the molecule is CCCC(C)CCCCCC1CCC(Cc2cc(C)n(C=C(C)c3ccc(C(C)C)cc3)n2)CC1. The molecule has 0 radical (unpaired) electrons. The Morgan fingerprint density at radius 2 is 1.66 bits per heavy atom. The Kier molecular flexibility index (Phi) is 11.1. The van der Waals surface area contributed by atoms with Crippen LogP contribution in [0.5, 0.6) is 0 Å². The van der Waals surface area contributed by atoms with Crippen LogP contribution in [0.1, 0.15) is 134 Å². The van der Waals surface area contributed by atoms with Crippen molar-refractivity contribution >= 4 is 11.8 Å². The minimum Gasteiger partial charge on any atom is -0.245 e. The topological polar surface area (TPSA) is 17.8 Å². The van der Waals surface area contributed by atoms with E-state index in [1.54, 1.807) is 0 Å². The monoisotopic (exact) mass is 476 g/mol. The van der Waals surface area contributed by atoms with E-state index in [2.05, 4.69) is 82.8 Å². The first-order chi connectivity index (χ1) is 16.9. The van der Waals surface area contributed by atoms with Crippen molar-refractivity contribution in [2.45, 2.75) is 125 Å². The molecule has 0 bridgehead atoms. The summed E-state index contributed by atoms with van der Waals surface area (Å²) in [6.07, 6.45) is 19.0. The second kappa shape index (κ2) is 14.0. The standard InChI is InChI=1S/C33H52N2/c1-7-11-26(4)12-9-8-10-13-29-14-16-30(17-15-29)23-33-22-28(6)35(34-33)24-27(5)32-20-18-31(19-21-32)25(2)3/h18-22,24-26,29-30H,7-17,23H2,1-6H3. The molecule has 3 rings (SSSR count). The number of hydrogen-bond acceptors (Lipinski definition) is 1. The van der Waals surface area contributed by atoms with Gasteiger partial charge in [0.25, 0.3) is 0 Å². The molecular weight excluding hydrogens is 424 g/mol. The van der Waals surface area contributed by atoms with Gasteiger partial charge in [-0.1, -0.05) is 110 Å². The molecule has 1 aromatic carbocycles. The minimum atomic E-state index is 0.573. The molecule has 1 aliphatic carbocycles. The summed E-state index contributed by atoms with van der Waals surface area (Å²) in [5.41, 5.74) is 6.44. The number of rotatable bonds is 13. The highest BCUT2D eigenvalue weighted by Crippen LogP contribution is 2.34. The molecule has 1 heterocycles. The number of aryl methyl sites for hydroxylation is 1. The number of hydrogen-bond donors (Lipinski definition) is 0. The summed E-state index contributed by atoms with van der Waals surface area (Å²) in [5.74, 6) is 3.30. The van der Waals surface area contributed by atoms with Gasteiger partial charge in [-0.2, -0.15) is 5.10 Å². The van der Waals surface area contributed by atoms with Gasteiger partial charge >= 0.3 is 0 Å². The number of unbranched alkanes of at least 4 members (excludes halogenated alkanes) is 2. The van der Waals surface area contributed by atoms with Crippen LogP contribution in [0.4, 0.5) is 0 Å². The molecule has 1 aliphatic rings. The van der Waals surface area contributed by atoms with Gasteiger partial charge < -0.3 is 0 Å². The smallest absolute Gasteiger partial charge is 0.0634 e. The summed E-state index contributed by atoms with van der Waals surface area (Å²) < 4.78 is 2.09. The van der Waals surface area contributed by atoms with Gasteiger partial charge in [0.1, 0.15) is 0 Å². The zero-order valence-electron chi connectivity index (χ0n) is 23.7. The fourth-order valence-electron chi connectivity index (χ4n) is 5.93. The summed E-state index contributed by atoms with van der Waals surface area (Å²) in [7, 11) is 0. The van der Waals surface area contributed by atoms with E-state index in [0.717, 1.165) is 24.2 Å². The van der Waals surface area contributed by atoms with Crippen LogP contribution in [0.2, 0.25) is 0 Å². The average molecular weight is 477 g/mol. The fourth-order valence-corrected chi connectivity index (χ4v) is 5.93. The molecule has 0 N–H and O–H groups in total. The molecule has 1 aromatic heterocycles. The second-order valence-corrected chi connectivity index (χ2v) is 11.9. The molecular formula is C33H52N2. The molecule has 1 atom stereocenters. The van der Waals surface area contributed by atoms with Crippen molar-refractivity contribution in [1.82, 2.24) is 9.78 Å². The molecule has 2 nitrogen and oxygen atoms in total. The molecule has 1 saturated carbocycles. The molecule has 2 heteroatoms. The largest absolute Gasteiger partial charge is 0.245 e. The molecule has 2 aromatic rings. The Bertz CT molecular complexity index is 894. The predicted molar refractivity (Wildman–Crippen MR) is 154 cm³/mol. The lowest BCUT2D eigenvalue weighted by Crippen LogP contribution is -2.16. The van der Waals surface area contributed by atoms with E-state index in [0.29, 0.717) is 5.92 Å². The fraction of sp³-hybridized carbons (Fsp3) is 0.667. The molecule has 0 spiro atoms. The summed E-state index contributed by atoms with van der Waals surface area (Å²) in [6.45, 7) is 13.6. The molecule has 0 amide bonds. The zero-order valence-corrected chi connectivity index (χ0v) is 23.7. The van der Waals surface area contributed by atoms with Gasteiger partial charge in [0, 0.05) is 11.9 Å². The third-order valence-electron chi connectivity index (χ3n) is 8.38. The van der Waals surface area contributed by atoms with Crippen LogP contribution in [0.25, 0.3) is 11.8 Å². The quantitative estimate of drug-likeness (QED) is 0.263. The molecule has 0 saturated heterocycles. The van der Waals surface area contributed by atoms with E-state index in [1.807, 2.05) is 0 Å².